The fraction of sp³-hybridized carbons (Fsp3) is 1.00. The molecule has 2 atom stereocenters. The third-order valence-electron chi connectivity index (χ3n) is 2.38. The predicted molar refractivity (Wildman–Crippen MR) is 61.7 cm³/mol. The van der Waals surface area contributed by atoms with E-state index in [2.05, 4.69) is 13.8 Å². The third-order valence-corrected chi connectivity index (χ3v) is 2.38. The largest absolute Gasteiger partial charge is 0.378 e. The van der Waals surface area contributed by atoms with Crippen LogP contribution in [0.5, 0.6) is 0 Å². The second-order valence-corrected chi connectivity index (χ2v) is 4.66. The minimum absolute atomic E-state index is 0.180. The molecule has 0 aliphatic heterocycles. The van der Waals surface area contributed by atoms with Gasteiger partial charge in [-0.2, -0.15) is 0 Å². The highest BCUT2D eigenvalue weighted by Gasteiger charge is 2.18. The van der Waals surface area contributed by atoms with Gasteiger partial charge < -0.3 is 14.6 Å². The zero-order valence-electron chi connectivity index (χ0n) is 10.7. The van der Waals surface area contributed by atoms with Crippen LogP contribution in [0.2, 0.25) is 0 Å². The molecule has 0 aromatic rings. The maximum atomic E-state index is 9.40. The van der Waals surface area contributed by atoms with Gasteiger partial charge in [0.15, 0.2) is 5.79 Å². The topological polar surface area (TPSA) is 38.7 Å². The lowest BCUT2D eigenvalue weighted by Crippen LogP contribution is -2.30. The number of aliphatic hydroxyl groups is 1. The van der Waals surface area contributed by atoms with Crippen LogP contribution in [0.1, 0.15) is 47.5 Å². The van der Waals surface area contributed by atoms with Crippen molar-refractivity contribution in [3.8, 4) is 0 Å². The summed E-state index contributed by atoms with van der Waals surface area (Å²) < 4.78 is 10.9. The Hall–Kier alpha value is -0.120. The molecule has 3 nitrogen and oxygen atoms in total. The fourth-order valence-electron chi connectivity index (χ4n) is 1.05. The highest BCUT2D eigenvalue weighted by Crippen LogP contribution is 2.12. The molecule has 1 N–H and O–H groups in total. The van der Waals surface area contributed by atoms with E-state index in [9.17, 15) is 5.11 Å². The van der Waals surface area contributed by atoms with Crippen LogP contribution in [0.4, 0.5) is 0 Å². The molecule has 0 spiro atoms. The number of rotatable bonds is 8. The van der Waals surface area contributed by atoms with Gasteiger partial charge in [0.25, 0.3) is 0 Å². The van der Waals surface area contributed by atoms with Gasteiger partial charge in [0.05, 0.1) is 12.7 Å². The Morgan fingerprint density at radius 2 is 1.87 bits per heavy atom. The predicted octanol–water partition coefficient (Wildman–Crippen LogP) is 2.57. The first-order valence-electron chi connectivity index (χ1n) is 5.84. The average Bonchev–Trinajstić information content (AvgIpc) is 2.13. The molecule has 0 aliphatic rings. The van der Waals surface area contributed by atoms with Gasteiger partial charge in [0.1, 0.15) is 0 Å². The highest BCUT2D eigenvalue weighted by molar-refractivity contribution is 4.62. The number of ether oxygens (including phenoxy) is 2. The molecular formula is C12H26O3. The van der Waals surface area contributed by atoms with Crippen LogP contribution in [0.25, 0.3) is 0 Å². The van der Waals surface area contributed by atoms with Crippen LogP contribution in [-0.2, 0) is 9.47 Å². The molecule has 0 aliphatic carbocycles. The molecule has 92 valence electrons. The standard InChI is InChI=1S/C12H26O3/c1-6-7-8-14-11(3)10(2)9-15-12(4,5)13/h10-11,13H,6-9H2,1-5H3/t10-,11-/m1/s1. The van der Waals surface area contributed by atoms with Crippen molar-refractivity contribution in [2.24, 2.45) is 5.92 Å². The van der Waals surface area contributed by atoms with Crippen LogP contribution in [0.15, 0.2) is 0 Å². The summed E-state index contributed by atoms with van der Waals surface area (Å²) in [6.45, 7) is 10.9. The van der Waals surface area contributed by atoms with Gasteiger partial charge in [-0.1, -0.05) is 20.3 Å². The summed E-state index contributed by atoms with van der Waals surface area (Å²) >= 11 is 0. The van der Waals surface area contributed by atoms with Gasteiger partial charge in [0.2, 0.25) is 0 Å². The summed E-state index contributed by atoms with van der Waals surface area (Å²) in [5.74, 6) is -0.745. The molecule has 15 heavy (non-hydrogen) atoms. The molecule has 0 saturated heterocycles. The van der Waals surface area contributed by atoms with Gasteiger partial charge in [-0.15, -0.1) is 0 Å². The number of unbranched alkanes of at least 4 members (excludes halogenated alkanes) is 1. The van der Waals surface area contributed by atoms with Crippen molar-refractivity contribution in [3.63, 3.8) is 0 Å². The fourth-order valence-corrected chi connectivity index (χ4v) is 1.05. The maximum absolute atomic E-state index is 9.40. The minimum Gasteiger partial charge on any atom is -0.378 e. The monoisotopic (exact) mass is 218 g/mol. The molecule has 0 unspecified atom stereocenters. The Morgan fingerprint density at radius 3 is 2.33 bits per heavy atom. The van der Waals surface area contributed by atoms with Crippen LogP contribution in [0.3, 0.4) is 0 Å². The van der Waals surface area contributed by atoms with Crippen molar-refractivity contribution < 1.29 is 14.6 Å². The lowest BCUT2D eigenvalue weighted by Gasteiger charge is -2.25. The zero-order valence-corrected chi connectivity index (χ0v) is 10.7. The second kappa shape index (κ2) is 7.20. The van der Waals surface area contributed by atoms with Crippen molar-refractivity contribution in [2.45, 2.75) is 59.4 Å². The van der Waals surface area contributed by atoms with E-state index in [4.69, 9.17) is 9.47 Å². The summed E-state index contributed by atoms with van der Waals surface area (Å²) in [6, 6.07) is 0. The quantitative estimate of drug-likeness (QED) is 0.502. The molecule has 0 bridgehead atoms. The van der Waals surface area contributed by atoms with Crippen LogP contribution < -0.4 is 0 Å². The second-order valence-electron chi connectivity index (χ2n) is 4.66. The first-order valence-corrected chi connectivity index (χ1v) is 5.84. The Bertz CT molecular complexity index is 151. The smallest absolute Gasteiger partial charge is 0.159 e. The van der Waals surface area contributed by atoms with Crippen molar-refractivity contribution in [3.05, 3.63) is 0 Å². The molecule has 0 fully saturated rings. The Balaban J connectivity index is 3.64. The molecule has 3 heteroatoms. The Kier molecular flexibility index (Phi) is 7.14. The molecular weight excluding hydrogens is 192 g/mol. The van der Waals surface area contributed by atoms with E-state index < -0.39 is 5.79 Å². The van der Waals surface area contributed by atoms with E-state index in [1.54, 1.807) is 13.8 Å². The highest BCUT2D eigenvalue weighted by atomic mass is 16.6. The Labute approximate surface area is 93.8 Å². The lowest BCUT2D eigenvalue weighted by molar-refractivity contribution is -0.188. The molecule has 0 aromatic carbocycles. The molecule has 0 saturated carbocycles. The van der Waals surface area contributed by atoms with Gasteiger partial charge in [-0.25, -0.2) is 0 Å². The maximum Gasteiger partial charge on any atom is 0.159 e. The van der Waals surface area contributed by atoms with Crippen LogP contribution >= 0.6 is 0 Å². The van der Waals surface area contributed by atoms with Gasteiger partial charge in [0, 0.05) is 12.5 Å². The first kappa shape index (κ1) is 14.9. The lowest BCUT2D eigenvalue weighted by atomic mass is 10.1. The number of hydrogen-bond acceptors (Lipinski definition) is 3. The van der Waals surface area contributed by atoms with E-state index in [1.807, 2.05) is 6.92 Å². The average molecular weight is 218 g/mol. The molecule has 0 amide bonds. The van der Waals surface area contributed by atoms with Gasteiger partial charge in [-0.3, -0.25) is 0 Å². The van der Waals surface area contributed by atoms with Crippen molar-refractivity contribution in [1.82, 2.24) is 0 Å². The molecule has 0 heterocycles. The third kappa shape index (κ3) is 8.85. The van der Waals surface area contributed by atoms with Gasteiger partial charge >= 0.3 is 0 Å². The summed E-state index contributed by atoms with van der Waals surface area (Å²) in [7, 11) is 0. The van der Waals surface area contributed by atoms with Gasteiger partial charge in [-0.05, 0) is 27.2 Å². The van der Waals surface area contributed by atoms with E-state index in [0.29, 0.717) is 12.5 Å². The summed E-state index contributed by atoms with van der Waals surface area (Å²) in [5.41, 5.74) is 0. The molecule has 0 rings (SSSR count). The van der Waals surface area contributed by atoms with E-state index >= 15 is 0 Å². The van der Waals surface area contributed by atoms with Crippen LogP contribution in [-0.4, -0.2) is 30.2 Å². The van der Waals surface area contributed by atoms with Crippen molar-refractivity contribution in [1.29, 1.82) is 0 Å². The molecule has 0 aromatic heterocycles. The number of hydrogen-bond donors (Lipinski definition) is 1. The zero-order chi connectivity index (χ0) is 11.9. The van der Waals surface area contributed by atoms with E-state index in [-0.39, 0.29) is 6.10 Å². The first-order chi connectivity index (χ1) is 6.87. The minimum atomic E-state index is -1.04. The summed E-state index contributed by atoms with van der Waals surface area (Å²) in [4.78, 5) is 0. The summed E-state index contributed by atoms with van der Waals surface area (Å²) in [5, 5.41) is 9.40. The normalized spacial score (nSPS) is 16.4. The van der Waals surface area contributed by atoms with E-state index in [0.717, 1.165) is 19.4 Å². The van der Waals surface area contributed by atoms with Crippen LogP contribution in [0, 0.1) is 5.92 Å². The Morgan fingerprint density at radius 1 is 1.27 bits per heavy atom. The SMILES string of the molecule is CCCCO[C@H](C)[C@H](C)COC(C)(C)O. The van der Waals surface area contributed by atoms with E-state index in [1.165, 1.54) is 0 Å². The summed E-state index contributed by atoms with van der Waals surface area (Å²) in [6.07, 6.45) is 2.43. The van der Waals surface area contributed by atoms with Crippen molar-refractivity contribution in [2.75, 3.05) is 13.2 Å². The molecule has 0 radical (unpaired) electrons. The van der Waals surface area contributed by atoms with Crippen molar-refractivity contribution >= 4 is 0 Å².